The SMILES string of the molecule is Cc1cccc(N2CCN(CCN3CCN(c4cccc5ccccc45)CC3)CC2)c1. The van der Waals surface area contributed by atoms with E-state index < -0.39 is 0 Å². The predicted molar refractivity (Wildman–Crippen MR) is 132 cm³/mol. The van der Waals surface area contributed by atoms with Gasteiger partial charge in [-0.1, -0.05) is 48.5 Å². The van der Waals surface area contributed by atoms with Gasteiger partial charge in [0.15, 0.2) is 0 Å². The summed E-state index contributed by atoms with van der Waals surface area (Å²) in [6, 6.07) is 24.4. The molecule has 0 N–H and O–H groups in total. The average molecular weight is 415 g/mol. The van der Waals surface area contributed by atoms with Crippen molar-refractivity contribution in [3.8, 4) is 0 Å². The van der Waals surface area contributed by atoms with E-state index in [0.717, 1.165) is 39.3 Å². The second-order valence-corrected chi connectivity index (χ2v) is 8.99. The van der Waals surface area contributed by atoms with Crippen molar-refractivity contribution in [1.29, 1.82) is 0 Å². The summed E-state index contributed by atoms with van der Waals surface area (Å²) in [6.07, 6.45) is 0. The molecule has 2 aliphatic heterocycles. The van der Waals surface area contributed by atoms with Crippen LogP contribution in [0.2, 0.25) is 0 Å². The number of piperazine rings is 2. The van der Waals surface area contributed by atoms with Gasteiger partial charge in [-0.2, -0.15) is 0 Å². The molecule has 5 rings (SSSR count). The number of hydrogen-bond donors (Lipinski definition) is 0. The van der Waals surface area contributed by atoms with Crippen LogP contribution in [0.3, 0.4) is 0 Å². The molecule has 2 saturated heterocycles. The van der Waals surface area contributed by atoms with Crippen LogP contribution in [0.4, 0.5) is 11.4 Å². The van der Waals surface area contributed by atoms with E-state index in [2.05, 4.69) is 93.3 Å². The number of rotatable bonds is 5. The highest BCUT2D eigenvalue weighted by Gasteiger charge is 2.21. The summed E-state index contributed by atoms with van der Waals surface area (Å²) in [6.45, 7) is 13.7. The standard InChI is InChI=1S/C27H34N4/c1-23-6-4-9-25(22-23)30-18-14-28(15-19-30)12-13-29-16-20-31(21-17-29)27-11-5-8-24-7-2-3-10-26(24)27/h2-11,22H,12-21H2,1H3. The van der Waals surface area contributed by atoms with Crippen molar-refractivity contribution in [2.45, 2.75) is 6.92 Å². The lowest BCUT2D eigenvalue weighted by Crippen LogP contribution is -2.51. The van der Waals surface area contributed by atoms with Gasteiger partial charge in [-0.25, -0.2) is 0 Å². The number of hydrogen-bond acceptors (Lipinski definition) is 4. The Bertz CT molecular complexity index is 996. The molecule has 0 spiro atoms. The molecule has 2 aliphatic rings. The third-order valence-corrected chi connectivity index (χ3v) is 6.95. The Hall–Kier alpha value is -2.56. The van der Waals surface area contributed by atoms with Crippen LogP contribution >= 0.6 is 0 Å². The zero-order chi connectivity index (χ0) is 21.0. The second-order valence-electron chi connectivity index (χ2n) is 8.99. The van der Waals surface area contributed by atoms with Gasteiger partial charge in [0.2, 0.25) is 0 Å². The van der Waals surface area contributed by atoms with Crippen molar-refractivity contribution in [1.82, 2.24) is 9.80 Å². The minimum absolute atomic E-state index is 1.12. The van der Waals surface area contributed by atoms with Crippen molar-refractivity contribution in [2.24, 2.45) is 0 Å². The molecule has 0 aromatic heterocycles. The molecule has 2 fully saturated rings. The first-order valence-electron chi connectivity index (χ1n) is 11.8. The third kappa shape index (κ3) is 4.70. The normalized spacial score (nSPS) is 18.6. The van der Waals surface area contributed by atoms with Gasteiger partial charge in [-0.15, -0.1) is 0 Å². The summed E-state index contributed by atoms with van der Waals surface area (Å²) in [7, 11) is 0. The van der Waals surface area contributed by atoms with Crippen LogP contribution in [0.25, 0.3) is 10.8 Å². The minimum atomic E-state index is 1.12. The van der Waals surface area contributed by atoms with E-state index in [1.807, 2.05) is 0 Å². The number of aryl methyl sites for hydroxylation is 1. The molecule has 4 heteroatoms. The van der Waals surface area contributed by atoms with Crippen molar-refractivity contribution in [3.63, 3.8) is 0 Å². The Morgan fingerprint density at radius 2 is 1.23 bits per heavy atom. The number of fused-ring (bicyclic) bond motifs is 1. The molecular formula is C27H34N4. The lowest BCUT2D eigenvalue weighted by molar-refractivity contribution is 0.190. The Morgan fingerprint density at radius 1 is 0.613 bits per heavy atom. The summed E-state index contributed by atoms with van der Waals surface area (Å²) in [5.41, 5.74) is 4.12. The Labute approximate surface area is 186 Å². The zero-order valence-electron chi connectivity index (χ0n) is 18.7. The number of nitrogens with zero attached hydrogens (tertiary/aromatic N) is 4. The van der Waals surface area contributed by atoms with E-state index in [1.54, 1.807) is 0 Å². The molecular weight excluding hydrogens is 380 g/mol. The Morgan fingerprint density at radius 3 is 1.94 bits per heavy atom. The van der Waals surface area contributed by atoms with E-state index in [4.69, 9.17) is 0 Å². The molecule has 162 valence electrons. The minimum Gasteiger partial charge on any atom is -0.369 e. The van der Waals surface area contributed by atoms with Crippen LogP contribution in [-0.2, 0) is 0 Å². The molecule has 4 nitrogen and oxygen atoms in total. The summed E-state index contributed by atoms with van der Waals surface area (Å²) in [4.78, 5) is 10.4. The van der Waals surface area contributed by atoms with Crippen molar-refractivity contribution in [2.75, 3.05) is 75.2 Å². The Balaban J connectivity index is 1.09. The molecule has 0 unspecified atom stereocenters. The smallest absolute Gasteiger partial charge is 0.0446 e. The van der Waals surface area contributed by atoms with Crippen LogP contribution in [-0.4, -0.2) is 75.2 Å². The highest BCUT2D eigenvalue weighted by atomic mass is 15.3. The van der Waals surface area contributed by atoms with Crippen molar-refractivity contribution < 1.29 is 0 Å². The maximum atomic E-state index is 2.65. The van der Waals surface area contributed by atoms with Crippen LogP contribution in [0.5, 0.6) is 0 Å². The van der Waals surface area contributed by atoms with Crippen molar-refractivity contribution >= 4 is 22.1 Å². The fourth-order valence-corrected chi connectivity index (χ4v) is 5.03. The first-order chi connectivity index (χ1) is 15.3. The second kappa shape index (κ2) is 9.29. The summed E-state index contributed by atoms with van der Waals surface area (Å²) in [5, 5.41) is 2.72. The summed E-state index contributed by atoms with van der Waals surface area (Å²) >= 11 is 0. The van der Waals surface area contributed by atoms with Crippen molar-refractivity contribution in [3.05, 3.63) is 72.3 Å². The van der Waals surface area contributed by atoms with E-state index in [-0.39, 0.29) is 0 Å². The van der Waals surface area contributed by atoms with Crippen LogP contribution in [0, 0.1) is 6.92 Å². The first-order valence-corrected chi connectivity index (χ1v) is 11.8. The maximum absolute atomic E-state index is 2.65. The molecule has 2 heterocycles. The third-order valence-electron chi connectivity index (χ3n) is 6.95. The highest BCUT2D eigenvalue weighted by molar-refractivity contribution is 5.94. The lowest BCUT2D eigenvalue weighted by atomic mass is 10.1. The van der Waals surface area contributed by atoms with Gasteiger partial charge >= 0.3 is 0 Å². The van der Waals surface area contributed by atoms with E-state index in [1.165, 1.54) is 53.9 Å². The lowest BCUT2D eigenvalue weighted by Gasteiger charge is -2.39. The highest BCUT2D eigenvalue weighted by Crippen LogP contribution is 2.27. The summed E-state index contributed by atoms with van der Waals surface area (Å²) < 4.78 is 0. The van der Waals surface area contributed by atoms with Gasteiger partial charge in [0, 0.05) is 82.2 Å². The Kier molecular flexibility index (Phi) is 6.10. The van der Waals surface area contributed by atoms with Crippen LogP contribution < -0.4 is 9.80 Å². The van der Waals surface area contributed by atoms with E-state index in [9.17, 15) is 0 Å². The fourth-order valence-electron chi connectivity index (χ4n) is 5.03. The van der Waals surface area contributed by atoms with Crippen LogP contribution in [0.1, 0.15) is 5.56 Å². The number of anilines is 2. The van der Waals surface area contributed by atoms with Gasteiger partial charge in [-0.3, -0.25) is 9.80 Å². The summed E-state index contributed by atoms with van der Waals surface area (Å²) in [5.74, 6) is 0. The van der Waals surface area contributed by atoms with Gasteiger partial charge in [0.1, 0.15) is 0 Å². The largest absolute Gasteiger partial charge is 0.369 e. The zero-order valence-corrected chi connectivity index (χ0v) is 18.7. The van der Waals surface area contributed by atoms with Gasteiger partial charge in [0.25, 0.3) is 0 Å². The molecule has 0 saturated carbocycles. The van der Waals surface area contributed by atoms with Gasteiger partial charge in [-0.05, 0) is 36.1 Å². The molecule has 3 aromatic carbocycles. The fraction of sp³-hybridized carbons (Fsp3) is 0.407. The van der Waals surface area contributed by atoms with Gasteiger partial charge < -0.3 is 9.80 Å². The maximum Gasteiger partial charge on any atom is 0.0446 e. The monoisotopic (exact) mass is 414 g/mol. The van der Waals surface area contributed by atoms with E-state index >= 15 is 0 Å². The first kappa shape index (κ1) is 20.3. The molecule has 31 heavy (non-hydrogen) atoms. The van der Waals surface area contributed by atoms with Gasteiger partial charge in [0.05, 0.1) is 0 Å². The van der Waals surface area contributed by atoms with Crippen LogP contribution in [0.15, 0.2) is 66.7 Å². The molecule has 0 bridgehead atoms. The van der Waals surface area contributed by atoms with E-state index in [0.29, 0.717) is 0 Å². The number of benzene rings is 3. The molecule has 0 atom stereocenters. The molecule has 0 aliphatic carbocycles. The molecule has 3 aromatic rings. The topological polar surface area (TPSA) is 13.0 Å². The molecule has 0 amide bonds. The predicted octanol–water partition coefficient (Wildman–Crippen LogP) is 4.09. The quantitative estimate of drug-likeness (QED) is 0.623. The molecule has 0 radical (unpaired) electrons. The average Bonchev–Trinajstić information content (AvgIpc) is 2.83.